The van der Waals surface area contributed by atoms with Crippen molar-refractivity contribution in [3.05, 3.63) is 55.1 Å². The van der Waals surface area contributed by atoms with Gasteiger partial charge in [-0.15, -0.1) is 13.2 Å². The summed E-state index contributed by atoms with van der Waals surface area (Å²) >= 11 is 0. The summed E-state index contributed by atoms with van der Waals surface area (Å²) in [4.78, 5) is 11.7. The molecular formula is C13H15NO2. The highest BCUT2D eigenvalue weighted by molar-refractivity contribution is 5.94. The highest BCUT2D eigenvalue weighted by atomic mass is 16.5. The van der Waals surface area contributed by atoms with Gasteiger partial charge in [-0.25, -0.2) is 0 Å². The van der Waals surface area contributed by atoms with Crippen molar-refractivity contribution in [1.29, 1.82) is 0 Å². The zero-order valence-corrected chi connectivity index (χ0v) is 9.27. The van der Waals surface area contributed by atoms with E-state index in [2.05, 4.69) is 18.5 Å². The van der Waals surface area contributed by atoms with Crippen molar-refractivity contribution >= 4 is 5.91 Å². The Balaban J connectivity index is 2.72. The summed E-state index contributed by atoms with van der Waals surface area (Å²) in [6.45, 7) is 7.20. The van der Waals surface area contributed by atoms with Gasteiger partial charge in [0.15, 0.2) is 0 Å². The monoisotopic (exact) mass is 217 g/mol. The number of ether oxygens (including phenoxy) is 1. The predicted octanol–water partition coefficient (Wildman–Crippen LogP) is 2.17. The van der Waals surface area contributed by atoms with Gasteiger partial charge in [0.2, 0.25) is 0 Å². The van der Waals surface area contributed by atoms with Gasteiger partial charge < -0.3 is 10.1 Å². The number of hydrogen-bond donors (Lipinski definition) is 1. The molecule has 84 valence electrons. The predicted molar refractivity (Wildman–Crippen MR) is 64.6 cm³/mol. The first kappa shape index (κ1) is 12.0. The molecule has 0 aliphatic carbocycles. The Labute approximate surface area is 95.4 Å². The first-order chi connectivity index (χ1) is 7.71. The summed E-state index contributed by atoms with van der Waals surface area (Å²) in [7, 11) is 1.58. The van der Waals surface area contributed by atoms with E-state index < -0.39 is 0 Å². The van der Waals surface area contributed by atoms with E-state index in [0.29, 0.717) is 5.56 Å². The van der Waals surface area contributed by atoms with Crippen LogP contribution < -0.4 is 10.1 Å². The van der Waals surface area contributed by atoms with E-state index in [1.807, 2.05) is 0 Å². The molecule has 0 unspecified atom stereocenters. The van der Waals surface area contributed by atoms with Gasteiger partial charge in [-0.05, 0) is 24.3 Å². The van der Waals surface area contributed by atoms with Crippen molar-refractivity contribution < 1.29 is 9.53 Å². The lowest BCUT2D eigenvalue weighted by atomic mass is 10.2. The Hall–Kier alpha value is -2.03. The van der Waals surface area contributed by atoms with E-state index in [-0.39, 0.29) is 11.9 Å². The van der Waals surface area contributed by atoms with E-state index in [4.69, 9.17) is 4.74 Å². The quantitative estimate of drug-likeness (QED) is 0.767. The molecule has 3 nitrogen and oxygen atoms in total. The minimum atomic E-state index is -0.213. The smallest absolute Gasteiger partial charge is 0.251 e. The van der Waals surface area contributed by atoms with Gasteiger partial charge in [-0.3, -0.25) is 4.79 Å². The van der Waals surface area contributed by atoms with Crippen LogP contribution in [-0.4, -0.2) is 19.1 Å². The Bertz CT molecular complexity index is 373. The number of methoxy groups -OCH3 is 1. The zero-order chi connectivity index (χ0) is 12.0. The molecule has 3 heteroatoms. The Morgan fingerprint density at radius 2 is 1.88 bits per heavy atom. The Morgan fingerprint density at radius 3 is 2.31 bits per heavy atom. The number of hydrogen-bond acceptors (Lipinski definition) is 2. The third kappa shape index (κ3) is 2.98. The molecule has 0 aliphatic rings. The van der Waals surface area contributed by atoms with Gasteiger partial charge in [0.05, 0.1) is 13.2 Å². The van der Waals surface area contributed by atoms with Crippen molar-refractivity contribution in [3.8, 4) is 5.75 Å². The summed E-state index contributed by atoms with van der Waals surface area (Å²) in [5.41, 5.74) is 0.578. The Kier molecular flexibility index (Phi) is 4.33. The van der Waals surface area contributed by atoms with Crippen LogP contribution in [-0.2, 0) is 0 Å². The second kappa shape index (κ2) is 5.75. The maximum absolute atomic E-state index is 11.7. The van der Waals surface area contributed by atoms with Crippen LogP contribution in [0.4, 0.5) is 0 Å². The molecule has 0 spiro atoms. The number of rotatable bonds is 5. The maximum Gasteiger partial charge on any atom is 0.251 e. The molecule has 0 radical (unpaired) electrons. The average molecular weight is 217 g/mol. The molecule has 1 N–H and O–H groups in total. The number of nitrogens with one attached hydrogen (secondary N) is 1. The summed E-state index contributed by atoms with van der Waals surface area (Å²) in [5.74, 6) is 0.563. The molecule has 0 aliphatic heterocycles. The second-order valence-corrected chi connectivity index (χ2v) is 3.20. The van der Waals surface area contributed by atoms with Gasteiger partial charge >= 0.3 is 0 Å². The van der Waals surface area contributed by atoms with E-state index in [1.54, 1.807) is 43.5 Å². The SMILES string of the molecule is C=CC(C=C)NC(=O)c1ccc(OC)cc1. The number of amides is 1. The van der Waals surface area contributed by atoms with Crippen LogP contribution in [0.5, 0.6) is 5.75 Å². The third-order valence-electron chi connectivity index (χ3n) is 2.16. The minimum absolute atomic E-state index is 0.160. The molecule has 1 aromatic rings. The van der Waals surface area contributed by atoms with Crippen LogP contribution in [0.25, 0.3) is 0 Å². The molecule has 0 atom stereocenters. The molecule has 16 heavy (non-hydrogen) atoms. The van der Waals surface area contributed by atoms with E-state index in [0.717, 1.165) is 5.75 Å². The molecule has 0 bridgehead atoms. The van der Waals surface area contributed by atoms with Crippen molar-refractivity contribution in [2.24, 2.45) is 0 Å². The molecule has 0 heterocycles. The molecule has 0 fully saturated rings. The van der Waals surface area contributed by atoms with E-state index in [9.17, 15) is 4.79 Å². The average Bonchev–Trinajstić information content (AvgIpc) is 2.35. The van der Waals surface area contributed by atoms with Crippen molar-refractivity contribution in [1.82, 2.24) is 5.32 Å². The topological polar surface area (TPSA) is 38.3 Å². The summed E-state index contributed by atoms with van der Waals surface area (Å²) in [6.07, 6.45) is 3.24. The molecule has 1 rings (SSSR count). The second-order valence-electron chi connectivity index (χ2n) is 3.20. The van der Waals surface area contributed by atoms with E-state index >= 15 is 0 Å². The zero-order valence-electron chi connectivity index (χ0n) is 9.27. The fourth-order valence-electron chi connectivity index (χ4n) is 1.19. The lowest BCUT2D eigenvalue weighted by Crippen LogP contribution is -2.31. The van der Waals surface area contributed by atoms with Crippen LogP contribution in [0.2, 0.25) is 0 Å². The lowest BCUT2D eigenvalue weighted by Gasteiger charge is -2.10. The van der Waals surface area contributed by atoms with Crippen molar-refractivity contribution in [3.63, 3.8) is 0 Å². The maximum atomic E-state index is 11.7. The summed E-state index contributed by atoms with van der Waals surface area (Å²) in [6, 6.07) is 6.68. The van der Waals surface area contributed by atoms with Gasteiger partial charge in [-0.2, -0.15) is 0 Å². The molecule has 0 saturated heterocycles. The molecule has 0 saturated carbocycles. The van der Waals surface area contributed by atoms with Crippen LogP contribution in [0.1, 0.15) is 10.4 Å². The highest BCUT2D eigenvalue weighted by Crippen LogP contribution is 2.11. The number of benzene rings is 1. The van der Waals surface area contributed by atoms with Crippen LogP contribution >= 0.6 is 0 Å². The summed E-state index contributed by atoms with van der Waals surface area (Å²) < 4.78 is 5.01. The number of carbonyl (C=O) groups is 1. The third-order valence-corrected chi connectivity index (χ3v) is 2.16. The van der Waals surface area contributed by atoms with Gasteiger partial charge in [0, 0.05) is 5.56 Å². The first-order valence-electron chi connectivity index (χ1n) is 4.91. The van der Waals surface area contributed by atoms with Gasteiger partial charge in [-0.1, -0.05) is 12.2 Å². The lowest BCUT2D eigenvalue weighted by molar-refractivity contribution is 0.0950. The van der Waals surface area contributed by atoms with Crippen LogP contribution in [0.15, 0.2) is 49.6 Å². The molecule has 1 amide bonds. The largest absolute Gasteiger partial charge is 0.497 e. The molecule has 0 aromatic heterocycles. The highest BCUT2D eigenvalue weighted by Gasteiger charge is 2.07. The molecule has 1 aromatic carbocycles. The van der Waals surface area contributed by atoms with E-state index in [1.165, 1.54) is 0 Å². The fraction of sp³-hybridized carbons (Fsp3) is 0.154. The van der Waals surface area contributed by atoms with Crippen molar-refractivity contribution in [2.45, 2.75) is 6.04 Å². The van der Waals surface area contributed by atoms with Crippen LogP contribution in [0, 0.1) is 0 Å². The minimum Gasteiger partial charge on any atom is -0.497 e. The van der Waals surface area contributed by atoms with Crippen LogP contribution in [0.3, 0.4) is 0 Å². The fourth-order valence-corrected chi connectivity index (χ4v) is 1.19. The number of carbonyl (C=O) groups excluding carboxylic acids is 1. The van der Waals surface area contributed by atoms with Gasteiger partial charge in [0.1, 0.15) is 5.75 Å². The first-order valence-corrected chi connectivity index (χ1v) is 4.91. The van der Waals surface area contributed by atoms with Crippen molar-refractivity contribution in [2.75, 3.05) is 7.11 Å². The standard InChI is InChI=1S/C13H15NO2/c1-4-11(5-2)14-13(15)10-6-8-12(16-3)9-7-10/h4-9,11H,1-2H2,3H3,(H,14,15). The normalized spacial score (nSPS) is 9.62. The van der Waals surface area contributed by atoms with Gasteiger partial charge in [0.25, 0.3) is 5.91 Å². The Morgan fingerprint density at radius 1 is 1.31 bits per heavy atom. The molecular weight excluding hydrogens is 202 g/mol. The summed E-state index contributed by atoms with van der Waals surface area (Å²) in [5, 5.41) is 2.75.